The van der Waals surface area contributed by atoms with Crippen LogP contribution < -0.4 is 10.1 Å². The number of aromatic carboxylic acids is 1. The van der Waals surface area contributed by atoms with Crippen LogP contribution in [0, 0.1) is 11.3 Å². The first kappa shape index (κ1) is 19.2. The highest BCUT2D eigenvalue weighted by atomic mass is 16.5. The fourth-order valence-electron chi connectivity index (χ4n) is 3.03. The molecule has 0 atom stereocenters. The van der Waals surface area contributed by atoms with Gasteiger partial charge in [-0.15, -0.1) is 0 Å². The van der Waals surface area contributed by atoms with E-state index in [9.17, 15) is 9.59 Å². The Kier molecular flexibility index (Phi) is 6.12. The number of hydrogen-bond donors (Lipinski definition) is 2. The Bertz CT molecular complexity index is 864. The number of hydrogen-bond acceptors (Lipinski definition) is 4. The summed E-state index contributed by atoms with van der Waals surface area (Å²) >= 11 is 0. The molecule has 0 unspecified atom stereocenters. The van der Waals surface area contributed by atoms with Crippen LogP contribution in [0.2, 0.25) is 0 Å². The first-order valence-electron chi connectivity index (χ1n) is 9.07. The van der Waals surface area contributed by atoms with Crippen molar-refractivity contribution in [2.45, 2.75) is 25.5 Å². The largest absolute Gasteiger partial charge is 0.490 e. The number of nitrogens with one attached hydrogen (secondary N) is 1. The van der Waals surface area contributed by atoms with E-state index < -0.39 is 5.97 Å². The minimum atomic E-state index is -0.971. The van der Waals surface area contributed by atoms with Crippen molar-refractivity contribution in [1.82, 2.24) is 10.2 Å². The molecular weight excluding hydrogens is 358 g/mol. The Morgan fingerprint density at radius 2 is 1.75 bits per heavy atom. The number of carboxylic acids is 1. The number of nitriles is 1. The first-order valence-corrected chi connectivity index (χ1v) is 9.07. The lowest BCUT2D eigenvalue weighted by Gasteiger charge is -2.32. The summed E-state index contributed by atoms with van der Waals surface area (Å²) in [6.45, 7) is 1.55. The lowest BCUT2D eigenvalue weighted by Crippen LogP contribution is -2.46. The van der Waals surface area contributed by atoms with E-state index in [2.05, 4.69) is 11.4 Å². The topological polar surface area (TPSA) is 103 Å². The van der Waals surface area contributed by atoms with Gasteiger partial charge in [-0.3, -0.25) is 0 Å². The van der Waals surface area contributed by atoms with Gasteiger partial charge in [-0.2, -0.15) is 5.26 Å². The number of rotatable bonds is 5. The van der Waals surface area contributed by atoms with Gasteiger partial charge in [-0.25, -0.2) is 9.59 Å². The minimum absolute atomic E-state index is 0.0422. The minimum Gasteiger partial charge on any atom is -0.490 e. The summed E-state index contributed by atoms with van der Waals surface area (Å²) < 4.78 is 5.93. The molecule has 1 saturated heterocycles. The van der Waals surface area contributed by atoms with E-state index in [1.165, 1.54) is 12.1 Å². The van der Waals surface area contributed by atoms with Crippen LogP contribution in [-0.2, 0) is 6.54 Å². The van der Waals surface area contributed by atoms with Crippen LogP contribution in [0.4, 0.5) is 4.79 Å². The molecule has 2 aromatic carbocycles. The van der Waals surface area contributed by atoms with Crippen molar-refractivity contribution in [1.29, 1.82) is 5.26 Å². The van der Waals surface area contributed by atoms with Crippen LogP contribution in [0.25, 0.3) is 0 Å². The summed E-state index contributed by atoms with van der Waals surface area (Å²) in [6, 6.07) is 15.4. The van der Waals surface area contributed by atoms with Crippen LogP contribution >= 0.6 is 0 Å². The van der Waals surface area contributed by atoms with E-state index >= 15 is 0 Å². The molecule has 1 heterocycles. The molecule has 1 aliphatic rings. The molecular formula is C21H21N3O4. The Morgan fingerprint density at radius 3 is 2.32 bits per heavy atom. The number of ether oxygens (including phenoxy) is 1. The maximum Gasteiger partial charge on any atom is 0.335 e. The highest BCUT2D eigenvalue weighted by Crippen LogP contribution is 2.19. The van der Waals surface area contributed by atoms with Crippen LogP contribution in [-0.4, -0.2) is 41.2 Å². The van der Waals surface area contributed by atoms with Gasteiger partial charge in [0, 0.05) is 32.5 Å². The third kappa shape index (κ3) is 5.01. The number of carbonyl (C=O) groups excluding carboxylic acids is 1. The third-order valence-electron chi connectivity index (χ3n) is 4.66. The molecule has 7 heteroatoms. The zero-order valence-corrected chi connectivity index (χ0v) is 15.3. The van der Waals surface area contributed by atoms with E-state index in [0.29, 0.717) is 25.2 Å². The van der Waals surface area contributed by atoms with Gasteiger partial charge in [0.2, 0.25) is 0 Å². The number of urea groups is 1. The maximum absolute atomic E-state index is 12.3. The van der Waals surface area contributed by atoms with E-state index in [0.717, 1.165) is 24.2 Å². The molecule has 2 N–H and O–H groups in total. The number of carbonyl (C=O) groups is 2. The van der Waals surface area contributed by atoms with Crippen molar-refractivity contribution in [2.24, 2.45) is 0 Å². The number of nitrogens with zero attached hydrogens (tertiary/aromatic N) is 2. The summed E-state index contributed by atoms with van der Waals surface area (Å²) in [7, 11) is 0. The highest BCUT2D eigenvalue weighted by molar-refractivity contribution is 5.87. The second-order valence-corrected chi connectivity index (χ2v) is 6.60. The third-order valence-corrected chi connectivity index (χ3v) is 4.66. The van der Waals surface area contributed by atoms with Crippen molar-refractivity contribution in [3.63, 3.8) is 0 Å². The van der Waals surface area contributed by atoms with Gasteiger partial charge in [0.25, 0.3) is 0 Å². The molecule has 28 heavy (non-hydrogen) atoms. The van der Waals surface area contributed by atoms with E-state index in [4.69, 9.17) is 15.1 Å². The van der Waals surface area contributed by atoms with Crippen LogP contribution in [0.5, 0.6) is 5.75 Å². The summed E-state index contributed by atoms with van der Waals surface area (Å²) in [5.41, 5.74) is 1.66. The van der Waals surface area contributed by atoms with Crippen LogP contribution in [0.15, 0.2) is 48.5 Å². The lowest BCUT2D eigenvalue weighted by atomic mass is 10.1. The predicted octanol–water partition coefficient (Wildman–Crippen LogP) is 3.01. The van der Waals surface area contributed by atoms with Crippen LogP contribution in [0.3, 0.4) is 0 Å². The number of benzene rings is 2. The molecule has 0 bridgehead atoms. The van der Waals surface area contributed by atoms with Crippen molar-refractivity contribution in [3.05, 3.63) is 65.2 Å². The van der Waals surface area contributed by atoms with Crippen LogP contribution in [0.1, 0.15) is 34.3 Å². The van der Waals surface area contributed by atoms with E-state index in [-0.39, 0.29) is 17.7 Å². The molecule has 0 spiro atoms. The molecule has 3 rings (SSSR count). The normalized spacial score (nSPS) is 14.2. The second-order valence-electron chi connectivity index (χ2n) is 6.60. The molecule has 2 amide bonds. The molecule has 144 valence electrons. The Morgan fingerprint density at radius 1 is 1.11 bits per heavy atom. The molecule has 0 aliphatic carbocycles. The zero-order valence-electron chi connectivity index (χ0n) is 15.3. The molecule has 0 radical (unpaired) electrons. The fourth-order valence-corrected chi connectivity index (χ4v) is 3.03. The van der Waals surface area contributed by atoms with Gasteiger partial charge < -0.3 is 20.1 Å². The highest BCUT2D eigenvalue weighted by Gasteiger charge is 2.23. The summed E-state index contributed by atoms with van der Waals surface area (Å²) in [4.78, 5) is 24.9. The average molecular weight is 379 g/mol. The maximum atomic E-state index is 12.3. The van der Waals surface area contributed by atoms with Gasteiger partial charge in [-0.05, 0) is 42.0 Å². The number of amides is 2. The van der Waals surface area contributed by atoms with Gasteiger partial charge in [0.15, 0.2) is 0 Å². The number of piperidine rings is 1. The second kappa shape index (κ2) is 8.91. The van der Waals surface area contributed by atoms with Crippen molar-refractivity contribution in [3.8, 4) is 11.8 Å². The van der Waals surface area contributed by atoms with Gasteiger partial charge in [0.1, 0.15) is 11.9 Å². The summed E-state index contributed by atoms with van der Waals surface area (Å²) in [5.74, 6) is -0.242. The molecule has 7 nitrogen and oxygen atoms in total. The Hall–Kier alpha value is -3.53. The molecule has 1 fully saturated rings. The average Bonchev–Trinajstić information content (AvgIpc) is 2.73. The van der Waals surface area contributed by atoms with E-state index in [1.54, 1.807) is 41.3 Å². The van der Waals surface area contributed by atoms with Crippen molar-refractivity contribution >= 4 is 12.0 Å². The molecule has 0 saturated carbocycles. The lowest BCUT2D eigenvalue weighted by molar-refractivity contribution is 0.0696. The number of likely N-dealkylation sites (tertiary alicyclic amines) is 1. The standard InChI is InChI=1S/C21H21N3O4/c22-13-15-3-7-18(8-4-15)28-19-9-11-24(12-10-19)21(27)23-14-16-1-5-17(6-2-16)20(25)26/h1-8,19H,9-12,14H2,(H,23,27)(H,25,26). The first-order chi connectivity index (χ1) is 13.5. The van der Waals surface area contributed by atoms with Crippen molar-refractivity contribution in [2.75, 3.05) is 13.1 Å². The van der Waals surface area contributed by atoms with Gasteiger partial charge in [0.05, 0.1) is 17.2 Å². The monoisotopic (exact) mass is 379 g/mol. The smallest absolute Gasteiger partial charge is 0.335 e. The Labute approximate surface area is 163 Å². The SMILES string of the molecule is N#Cc1ccc(OC2CCN(C(=O)NCc3ccc(C(=O)O)cc3)CC2)cc1. The summed E-state index contributed by atoms with van der Waals surface area (Å²) in [5, 5.41) is 20.6. The van der Waals surface area contributed by atoms with Crippen molar-refractivity contribution < 1.29 is 19.4 Å². The fraction of sp³-hybridized carbons (Fsp3) is 0.286. The molecule has 1 aliphatic heterocycles. The number of carboxylic acid groups (broad SMARTS) is 1. The van der Waals surface area contributed by atoms with E-state index in [1.807, 2.05) is 0 Å². The van der Waals surface area contributed by atoms with Gasteiger partial charge in [-0.1, -0.05) is 12.1 Å². The molecule has 2 aromatic rings. The Balaban J connectivity index is 1.43. The predicted molar refractivity (Wildman–Crippen MR) is 102 cm³/mol. The zero-order chi connectivity index (χ0) is 19.9. The summed E-state index contributed by atoms with van der Waals surface area (Å²) in [6.07, 6.45) is 1.52. The van der Waals surface area contributed by atoms with Gasteiger partial charge >= 0.3 is 12.0 Å². The quantitative estimate of drug-likeness (QED) is 0.831. The molecule has 0 aromatic heterocycles.